The molecule has 1 aliphatic carbocycles. The number of carbonyl (C=O) groups is 1. The molecule has 0 spiro atoms. The third-order valence-corrected chi connectivity index (χ3v) is 3.32. The molecule has 1 aliphatic rings. The summed E-state index contributed by atoms with van der Waals surface area (Å²) in [6.07, 6.45) is -2.71. The van der Waals surface area contributed by atoms with Crippen LogP contribution in [0.2, 0.25) is 0 Å². The molecule has 8 heteroatoms. The molecule has 0 saturated heterocycles. The topological polar surface area (TPSA) is 82.2 Å². The molecule has 1 aromatic rings. The maximum atomic E-state index is 12.4. The number of amides is 1. The number of hydrogen-bond donors (Lipinski definition) is 3. The second kappa shape index (κ2) is 4.93. The van der Waals surface area contributed by atoms with Crippen molar-refractivity contribution >= 4 is 5.91 Å². The smallest absolute Gasteiger partial charge is 0.388 e. The van der Waals surface area contributed by atoms with Gasteiger partial charge >= 0.3 is 6.18 Å². The summed E-state index contributed by atoms with van der Waals surface area (Å²) >= 11 is 0. The van der Waals surface area contributed by atoms with Crippen LogP contribution in [0.5, 0.6) is 0 Å². The molecular weight excluding hydrogens is 277 g/mol. The highest BCUT2D eigenvalue weighted by Crippen LogP contribution is 2.30. The predicted molar refractivity (Wildman–Crippen MR) is 63.2 cm³/mol. The van der Waals surface area contributed by atoms with Crippen LogP contribution in [0.3, 0.4) is 0 Å². The Morgan fingerprint density at radius 2 is 2.05 bits per heavy atom. The van der Waals surface area contributed by atoms with E-state index in [2.05, 4.69) is 5.32 Å². The molecule has 1 fully saturated rings. The minimum absolute atomic E-state index is 0.0215. The molecule has 1 amide bonds. The summed E-state index contributed by atoms with van der Waals surface area (Å²) in [6.45, 7) is -0.0215. The van der Waals surface area contributed by atoms with Crippen LogP contribution < -0.4 is 10.9 Å². The van der Waals surface area contributed by atoms with E-state index in [1.54, 1.807) is 4.98 Å². The summed E-state index contributed by atoms with van der Waals surface area (Å²) < 4.78 is 37.1. The molecule has 20 heavy (non-hydrogen) atoms. The van der Waals surface area contributed by atoms with Gasteiger partial charge in [0, 0.05) is 6.54 Å². The van der Waals surface area contributed by atoms with Crippen LogP contribution in [0.4, 0.5) is 13.2 Å². The Morgan fingerprint density at radius 3 is 2.50 bits per heavy atom. The summed E-state index contributed by atoms with van der Waals surface area (Å²) in [6, 6.07) is 1.45. The SMILES string of the molecule is O=C(NCC1(O)CCC1)c1ccc(C(F)(F)F)[nH]c1=O. The fourth-order valence-corrected chi connectivity index (χ4v) is 1.92. The van der Waals surface area contributed by atoms with Crippen molar-refractivity contribution in [3.8, 4) is 0 Å². The Labute approximate surface area is 111 Å². The van der Waals surface area contributed by atoms with Gasteiger partial charge in [-0.1, -0.05) is 0 Å². The van der Waals surface area contributed by atoms with E-state index in [4.69, 9.17) is 0 Å². The Morgan fingerprint density at radius 1 is 1.40 bits per heavy atom. The molecule has 1 heterocycles. The van der Waals surface area contributed by atoms with Crippen LogP contribution >= 0.6 is 0 Å². The standard InChI is InChI=1S/C12H13F3N2O3/c13-12(14,15)8-3-2-7(10(19)17-8)9(18)16-6-11(20)4-1-5-11/h2-3,20H,1,4-6H2,(H,16,18)(H,17,19). The van der Waals surface area contributed by atoms with Crippen molar-refractivity contribution in [2.45, 2.75) is 31.0 Å². The Kier molecular flexibility index (Phi) is 3.59. The van der Waals surface area contributed by atoms with E-state index in [-0.39, 0.29) is 6.54 Å². The van der Waals surface area contributed by atoms with Gasteiger partial charge in [0.2, 0.25) is 0 Å². The summed E-state index contributed by atoms with van der Waals surface area (Å²) in [4.78, 5) is 24.8. The average molecular weight is 290 g/mol. The highest BCUT2D eigenvalue weighted by atomic mass is 19.4. The van der Waals surface area contributed by atoms with Crippen LogP contribution in [0, 0.1) is 0 Å². The van der Waals surface area contributed by atoms with Gasteiger partial charge in [0.15, 0.2) is 0 Å². The minimum Gasteiger partial charge on any atom is -0.388 e. The van der Waals surface area contributed by atoms with Crippen molar-refractivity contribution in [1.82, 2.24) is 10.3 Å². The van der Waals surface area contributed by atoms with Crippen molar-refractivity contribution in [2.24, 2.45) is 0 Å². The van der Waals surface area contributed by atoms with Crippen molar-refractivity contribution in [3.63, 3.8) is 0 Å². The van der Waals surface area contributed by atoms with E-state index >= 15 is 0 Å². The first-order valence-corrected chi connectivity index (χ1v) is 6.02. The number of alkyl halides is 3. The highest BCUT2D eigenvalue weighted by Gasteiger charge is 2.35. The number of aromatic amines is 1. The number of aromatic nitrogens is 1. The van der Waals surface area contributed by atoms with Gasteiger partial charge in [0.1, 0.15) is 11.3 Å². The summed E-state index contributed by atoms with van der Waals surface area (Å²) in [7, 11) is 0. The van der Waals surface area contributed by atoms with Crippen molar-refractivity contribution < 1.29 is 23.1 Å². The lowest BCUT2D eigenvalue weighted by Gasteiger charge is -2.36. The zero-order valence-electron chi connectivity index (χ0n) is 10.4. The Hall–Kier alpha value is -1.83. The van der Waals surface area contributed by atoms with E-state index in [0.29, 0.717) is 18.9 Å². The second-order valence-electron chi connectivity index (χ2n) is 4.87. The molecule has 0 unspecified atom stereocenters. The summed E-state index contributed by atoms with van der Waals surface area (Å²) in [5.74, 6) is -0.805. The third-order valence-electron chi connectivity index (χ3n) is 3.32. The van der Waals surface area contributed by atoms with Gasteiger partial charge in [-0.2, -0.15) is 13.2 Å². The maximum Gasteiger partial charge on any atom is 0.431 e. The molecule has 5 nitrogen and oxygen atoms in total. The molecule has 1 aromatic heterocycles. The van der Waals surface area contributed by atoms with Crippen molar-refractivity contribution in [3.05, 3.63) is 33.7 Å². The first-order chi connectivity index (χ1) is 9.21. The molecule has 0 aliphatic heterocycles. The van der Waals surface area contributed by atoms with Crippen LogP contribution in [0.1, 0.15) is 35.3 Å². The zero-order valence-corrected chi connectivity index (χ0v) is 10.4. The van der Waals surface area contributed by atoms with Gasteiger partial charge in [-0.3, -0.25) is 9.59 Å². The van der Waals surface area contributed by atoms with E-state index in [9.17, 15) is 27.9 Å². The number of hydrogen-bond acceptors (Lipinski definition) is 3. The molecular formula is C12H13F3N2O3. The van der Waals surface area contributed by atoms with E-state index in [1.807, 2.05) is 0 Å². The van der Waals surface area contributed by atoms with Crippen molar-refractivity contribution in [2.75, 3.05) is 6.54 Å². The number of carbonyl (C=O) groups excluding carboxylic acids is 1. The average Bonchev–Trinajstić information content (AvgIpc) is 2.32. The number of rotatable bonds is 3. The third kappa shape index (κ3) is 3.01. The number of nitrogens with one attached hydrogen (secondary N) is 2. The lowest BCUT2D eigenvalue weighted by molar-refractivity contribution is -0.141. The van der Waals surface area contributed by atoms with Gasteiger partial charge in [-0.25, -0.2) is 0 Å². The fourth-order valence-electron chi connectivity index (χ4n) is 1.92. The number of aliphatic hydroxyl groups is 1. The molecule has 0 atom stereocenters. The summed E-state index contributed by atoms with van der Waals surface area (Å²) in [5, 5.41) is 12.1. The first-order valence-electron chi connectivity index (χ1n) is 6.02. The van der Waals surface area contributed by atoms with Gasteiger partial charge in [0.05, 0.1) is 5.60 Å². The minimum atomic E-state index is -4.67. The molecule has 0 aromatic carbocycles. The quantitative estimate of drug-likeness (QED) is 0.778. The molecule has 3 N–H and O–H groups in total. The molecule has 1 saturated carbocycles. The number of pyridine rings is 1. The molecule has 110 valence electrons. The molecule has 2 rings (SSSR count). The molecule has 0 radical (unpaired) electrons. The lowest BCUT2D eigenvalue weighted by Crippen LogP contribution is -2.48. The fraction of sp³-hybridized carbons (Fsp3) is 0.500. The van der Waals surface area contributed by atoms with Crippen molar-refractivity contribution in [1.29, 1.82) is 0 Å². The van der Waals surface area contributed by atoms with E-state index in [1.165, 1.54) is 0 Å². The van der Waals surface area contributed by atoms with Gasteiger partial charge in [-0.15, -0.1) is 0 Å². The van der Waals surface area contributed by atoms with Crippen LogP contribution in [-0.2, 0) is 6.18 Å². The Balaban J connectivity index is 2.09. The molecule has 0 bridgehead atoms. The van der Waals surface area contributed by atoms with Gasteiger partial charge < -0.3 is 15.4 Å². The van der Waals surface area contributed by atoms with Gasteiger partial charge in [0.25, 0.3) is 11.5 Å². The zero-order chi connectivity index (χ0) is 15.0. The monoisotopic (exact) mass is 290 g/mol. The van der Waals surface area contributed by atoms with Crippen LogP contribution in [0.25, 0.3) is 0 Å². The first kappa shape index (κ1) is 14.6. The van der Waals surface area contributed by atoms with Crippen LogP contribution in [0.15, 0.2) is 16.9 Å². The highest BCUT2D eigenvalue weighted by molar-refractivity contribution is 5.93. The summed E-state index contributed by atoms with van der Waals surface area (Å²) in [5.41, 5.74) is -3.70. The number of halogens is 3. The Bertz CT molecular complexity index is 576. The van der Waals surface area contributed by atoms with E-state index < -0.39 is 34.5 Å². The number of H-pyrrole nitrogens is 1. The van der Waals surface area contributed by atoms with E-state index in [0.717, 1.165) is 12.5 Å². The second-order valence-corrected chi connectivity index (χ2v) is 4.87. The lowest BCUT2D eigenvalue weighted by atomic mass is 9.80. The van der Waals surface area contributed by atoms with Crippen LogP contribution in [-0.4, -0.2) is 28.1 Å². The maximum absolute atomic E-state index is 12.4. The predicted octanol–water partition coefficient (Wildman–Crippen LogP) is 1.04. The van der Waals surface area contributed by atoms with Gasteiger partial charge in [-0.05, 0) is 31.4 Å². The largest absolute Gasteiger partial charge is 0.431 e. The normalized spacial score (nSPS) is 17.4.